The second-order valence-electron chi connectivity index (χ2n) is 6.22. The number of rotatable bonds is 4. The largest absolute Gasteiger partial charge is 0.276 e. The highest BCUT2D eigenvalue weighted by atomic mass is 32.2. The molecule has 0 heterocycles. The molecule has 146 valence electrons. The predicted octanol–water partition coefficient (Wildman–Crippen LogP) is 5.33. The fourth-order valence-corrected chi connectivity index (χ4v) is 3.78. The van der Waals surface area contributed by atoms with Crippen molar-refractivity contribution < 1.29 is 26.0 Å². The van der Waals surface area contributed by atoms with Crippen molar-refractivity contribution in [2.45, 2.75) is 18.7 Å². The van der Waals surface area contributed by atoms with Crippen LogP contribution in [0.3, 0.4) is 0 Å². The van der Waals surface area contributed by atoms with Crippen LogP contribution < -0.4 is 4.72 Å². The van der Waals surface area contributed by atoms with Crippen molar-refractivity contribution in [3.63, 3.8) is 0 Å². The topological polar surface area (TPSA) is 46.2 Å². The highest BCUT2D eigenvalue weighted by Crippen LogP contribution is 2.38. The Morgan fingerprint density at radius 1 is 0.750 bits per heavy atom. The maximum atomic E-state index is 14.6. The van der Waals surface area contributed by atoms with Crippen molar-refractivity contribution in [3.05, 3.63) is 82.9 Å². The highest BCUT2D eigenvalue weighted by Gasteiger charge is 2.29. The Balaban J connectivity index is 2.27. The van der Waals surface area contributed by atoms with Gasteiger partial charge in [0.2, 0.25) is 0 Å². The van der Waals surface area contributed by atoms with Crippen LogP contribution in [0.1, 0.15) is 11.1 Å². The number of hydrogen-bond donors (Lipinski definition) is 1. The van der Waals surface area contributed by atoms with Gasteiger partial charge in [-0.15, -0.1) is 0 Å². The van der Waals surface area contributed by atoms with Gasteiger partial charge in [-0.25, -0.2) is 26.0 Å². The van der Waals surface area contributed by atoms with E-state index in [0.717, 1.165) is 5.56 Å². The molecule has 3 nitrogen and oxygen atoms in total. The van der Waals surface area contributed by atoms with Gasteiger partial charge in [0.1, 0.15) is 0 Å². The van der Waals surface area contributed by atoms with Crippen molar-refractivity contribution in [3.8, 4) is 11.1 Å². The molecule has 0 bridgehead atoms. The first-order valence-electron chi connectivity index (χ1n) is 8.15. The summed E-state index contributed by atoms with van der Waals surface area (Å²) in [5.41, 5.74) is -0.191. The van der Waals surface area contributed by atoms with Crippen LogP contribution in [0.4, 0.5) is 23.2 Å². The minimum atomic E-state index is -4.38. The third-order valence-electron chi connectivity index (χ3n) is 4.35. The van der Waals surface area contributed by atoms with Crippen LogP contribution in [-0.4, -0.2) is 8.42 Å². The molecule has 8 heteroatoms. The number of aryl methyl sites for hydroxylation is 2. The first-order chi connectivity index (χ1) is 13.1. The Bertz CT molecular complexity index is 1160. The van der Waals surface area contributed by atoms with Gasteiger partial charge in [0.25, 0.3) is 10.0 Å². The van der Waals surface area contributed by atoms with Crippen molar-refractivity contribution in [1.29, 1.82) is 0 Å². The molecule has 3 rings (SSSR count). The maximum absolute atomic E-state index is 14.6. The van der Waals surface area contributed by atoms with Crippen LogP contribution in [0.15, 0.2) is 53.4 Å². The van der Waals surface area contributed by atoms with E-state index < -0.39 is 44.5 Å². The number of anilines is 1. The number of sulfonamides is 1. The SMILES string of the molecule is Cc1ccc(-c2c(F)c(F)c(F)c(F)c2NS(=O)(=O)c2ccccc2)cc1C. The Labute approximate surface area is 159 Å². The summed E-state index contributed by atoms with van der Waals surface area (Å²) in [7, 11) is -4.38. The monoisotopic (exact) mass is 409 g/mol. The fourth-order valence-electron chi connectivity index (χ4n) is 2.69. The molecule has 3 aromatic carbocycles. The molecule has 0 aliphatic rings. The molecule has 0 radical (unpaired) electrons. The average Bonchev–Trinajstić information content (AvgIpc) is 2.67. The third-order valence-corrected chi connectivity index (χ3v) is 5.72. The molecule has 0 aromatic heterocycles. The van der Waals surface area contributed by atoms with Crippen LogP contribution in [0.25, 0.3) is 11.1 Å². The van der Waals surface area contributed by atoms with Crippen molar-refractivity contribution >= 4 is 15.7 Å². The first-order valence-corrected chi connectivity index (χ1v) is 9.63. The predicted molar refractivity (Wildman–Crippen MR) is 98.4 cm³/mol. The van der Waals surface area contributed by atoms with Crippen molar-refractivity contribution in [2.75, 3.05) is 4.72 Å². The van der Waals surface area contributed by atoms with E-state index in [2.05, 4.69) is 0 Å². The number of halogens is 4. The molecular formula is C20H15F4NO2S. The van der Waals surface area contributed by atoms with Crippen LogP contribution in [0.2, 0.25) is 0 Å². The average molecular weight is 409 g/mol. The van der Waals surface area contributed by atoms with E-state index in [0.29, 0.717) is 5.56 Å². The Morgan fingerprint density at radius 3 is 1.96 bits per heavy atom. The van der Waals surface area contributed by atoms with E-state index in [1.807, 2.05) is 4.72 Å². The smallest absolute Gasteiger partial charge is 0.262 e. The Hall–Kier alpha value is -2.87. The van der Waals surface area contributed by atoms with E-state index >= 15 is 0 Å². The summed E-state index contributed by atoms with van der Waals surface area (Å²) < 4.78 is 83.8. The summed E-state index contributed by atoms with van der Waals surface area (Å²) in [5, 5.41) is 0. The van der Waals surface area contributed by atoms with Gasteiger partial charge in [0, 0.05) is 5.56 Å². The molecule has 0 atom stereocenters. The number of nitrogens with one attached hydrogen (secondary N) is 1. The fraction of sp³-hybridized carbons (Fsp3) is 0.100. The highest BCUT2D eigenvalue weighted by molar-refractivity contribution is 7.92. The second kappa shape index (κ2) is 7.27. The van der Waals surface area contributed by atoms with Gasteiger partial charge in [0.05, 0.1) is 10.6 Å². The molecule has 0 aliphatic heterocycles. The van der Waals surface area contributed by atoms with Gasteiger partial charge >= 0.3 is 0 Å². The molecule has 0 fully saturated rings. The lowest BCUT2D eigenvalue weighted by molar-refractivity contribution is 0.413. The van der Waals surface area contributed by atoms with Crippen LogP contribution in [-0.2, 0) is 10.0 Å². The lowest BCUT2D eigenvalue weighted by Gasteiger charge is -2.16. The Kier molecular flexibility index (Phi) is 5.16. The van der Waals surface area contributed by atoms with Crippen molar-refractivity contribution in [1.82, 2.24) is 0 Å². The third kappa shape index (κ3) is 3.47. The minimum absolute atomic E-state index is 0.00385. The van der Waals surface area contributed by atoms with Gasteiger partial charge in [-0.05, 0) is 42.7 Å². The summed E-state index contributed by atoms with van der Waals surface area (Å²) >= 11 is 0. The van der Waals surface area contributed by atoms with E-state index in [4.69, 9.17) is 0 Å². The van der Waals surface area contributed by atoms with Crippen LogP contribution in [0.5, 0.6) is 0 Å². The molecule has 0 spiro atoms. The molecular weight excluding hydrogens is 394 g/mol. The molecule has 0 unspecified atom stereocenters. The van der Waals surface area contributed by atoms with Gasteiger partial charge < -0.3 is 0 Å². The zero-order chi connectivity index (χ0) is 20.6. The quantitative estimate of drug-likeness (QED) is 0.360. The normalized spacial score (nSPS) is 11.5. The molecule has 0 aliphatic carbocycles. The molecule has 3 aromatic rings. The van der Waals surface area contributed by atoms with E-state index in [9.17, 15) is 26.0 Å². The molecule has 28 heavy (non-hydrogen) atoms. The molecule has 0 saturated heterocycles. The lowest BCUT2D eigenvalue weighted by atomic mass is 9.98. The summed E-state index contributed by atoms with van der Waals surface area (Å²) in [5.74, 6) is -7.64. The second-order valence-corrected chi connectivity index (χ2v) is 7.91. The van der Waals surface area contributed by atoms with Crippen LogP contribution in [0, 0.1) is 37.1 Å². The van der Waals surface area contributed by atoms with Crippen molar-refractivity contribution in [2.24, 2.45) is 0 Å². The van der Waals surface area contributed by atoms with E-state index in [1.54, 1.807) is 26.0 Å². The summed E-state index contributed by atoms with van der Waals surface area (Å²) in [4.78, 5) is -0.245. The summed E-state index contributed by atoms with van der Waals surface area (Å²) in [6.07, 6.45) is 0. The number of benzene rings is 3. The first kappa shape index (κ1) is 19.9. The molecule has 0 saturated carbocycles. The lowest BCUT2D eigenvalue weighted by Crippen LogP contribution is -2.17. The minimum Gasteiger partial charge on any atom is -0.276 e. The summed E-state index contributed by atoms with van der Waals surface area (Å²) in [6.45, 7) is 3.47. The standard InChI is InChI=1S/C20H15F4NO2S/c1-11-8-9-13(10-12(11)2)15-16(21)17(22)18(23)19(24)20(15)25-28(26,27)14-6-4-3-5-7-14/h3-10,25H,1-2H3. The molecule has 0 amide bonds. The van der Waals surface area contributed by atoms with Crippen LogP contribution >= 0.6 is 0 Å². The zero-order valence-corrected chi connectivity index (χ0v) is 15.7. The Morgan fingerprint density at radius 2 is 1.36 bits per heavy atom. The van der Waals surface area contributed by atoms with E-state index in [-0.39, 0.29) is 10.5 Å². The van der Waals surface area contributed by atoms with Gasteiger partial charge in [-0.2, -0.15) is 0 Å². The van der Waals surface area contributed by atoms with Gasteiger partial charge in [0.15, 0.2) is 23.3 Å². The zero-order valence-electron chi connectivity index (χ0n) is 14.9. The maximum Gasteiger partial charge on any atom is 0.262 e. The van der Waals surface area contributed by atoms with E-state index in [1.165, 1.54) is 36.4 Å². The summed E-state index contributed by atoms with van der Waals surface area (Å²) in [6, 6.07) is 11.3. The number of hydrogen-bond acceptors (Lipinski definition) is 2. The van der Waals surface area contributed by atoms with Gasteiger partial charge in [-0.3, -0.25) is 4.72 Å². The van der Waals surface area contributed by atoms with Gasteiger partial charge in [-0.1, -0.05) is 36.4 Å². The molecule has 1 N–H and O–H groups in total.